The fraction of sp³-hybridized carbons (Fsp3) is 0.875. The average Bonchev–Trinajstić information content (AvgIpc) is 3.15. The predicted octanol–water partition coefficient (Wildman–Crippen LogP) is 2.37. The van der Waals surface area contributed by atoms with Gasteiger partial charge in [0.05, 0.1) is 24.9 Å². The lowest BCUT2D eigenvalue weighted by molar-refractivity contribution is -0.00346. The summed E-state index contributed by atoms with van der Waals surface area (Å²) < 4.78 is 7.94. The van der Waals surface area contributed by atoms with E-state index in [2.05, 4.69) is 29.5 Å². The molecule has 2 aliphatic carbocycles. The number of ether oxygens (including phenoxy) is 1. The van der Waals surface area contributed by atoms with Crippen LogP contribution in [0.2, 0.25) is 0 Å². The summed E-state index contributed by atoms with van der Waals surface area (Å²) in [6.07, 6.45) is 8.84. The topological polar surface area (TPSA) is 52.0 Å². The first-order valence-electron chi connectivity index (χ1n) is 8.43. The molecular formula is C16H28N4O. The van der Waals surface area contributed by atoms with E-state index in [4.69, 9.17) is 4.74 Å². The van der Waals surface area contributed by atoms with E-state index in [-0.39, 0.29) is 0 Å². The molecule has 0 aromatic carbocycles. The molecule has 1 aromatic rings. The van der Waals surface area contributed by atoms with Crippen LogP contribution in [0, 0.1) is 11.8 Å². The molecule has 0 radical (unpaired) electrons. The molecule has 0 aliphatic heterocycles. The Morgan fingerprint density at radius 2 is 2.00 bits per heavy atom. The lowest BCUT2D eigenvalue weighted by Crippen LogP contribution is -2.27. The van der Waals surface area contributed by atoms with Crippen molar-refractivity contribution in [1.29, 1.82) is 0 Å². The first-order chi connectivity index (χ1) is 10.2. The normalized spacial score (nSPS) is 29.7. The number of hydrogen-bond acceptors (Lipinski definition) is 4. The van der Waals surface area contributed by atoms with Gasteiger partial charge in [-0.3, -0.25) is 0 Å². The quantitative estimate of drug-likeness (QED) is 0.838. The van der Waals surface area contributed by atoms with Crippen molar-refractivity contribution in [3.8, 4) is 0 Å². The smallest absolute Gasteiger partial charge is 0.0964 e. The zero-order chi connectivity index (χ0) is 14.7. The van der Waals surface area contributed by atoms with Gasteiger partial charge in [-0.05, 0) is 43.9 Å². The highest BCUT2D eigenvalue weighted by Gasteiger charge is 2.24. The fourth-order valence-electron chi connectivity index (χ4n) is 3.39. The summed E-state index contributed by atoms with van der Waals surface area (Å²) in [4.78, 5) is 0. The molecule has 1 aromatic heterocycles. The maximum atomic E-state index is 6.04. The van der Waals surface area contributed by atoms with Crippen LogP contribution in [0.5, 0.6) is 0 Å². The summed E-state index contributed by atoms with van der Waals surface area (Å²) in [5.41, 5.74) is 1.03. The summed E-state index contributed by atoms with van der Waals surface area (Å²) in [5, 5.41) is 11.8. The lowest BCUT2D eigenvalue weighted by atomic mass is 9.82. The Balaban J connectivity index is 1.36. The van der Waals surface area contributed by atoms with Gasteiger partial charge < -0.3 is 10.1 Å². The molecule has 0 spiro atoms. The molecule has 2 fully saturated rings. The van der Waals surface area contributed by atoms with Crippen LogP contribution in [0.1, 0.15) is 51.6 Å². The number of aromatic nitrogens is 3. The van der Waals surface area contributed by atoms with Crippen LogP contribution < -0.4 is 5.32 Å². The van der Waals surface area contributed by atoms with Crippen molar-refractivity contribution in [1.82, 2.24) is 20.3 Å². The molecule has 0 amide bonds. The van der Waals surface area contributed by atoms with Crippen molar-refractivity contribution in [2.45, 2.75) is 71.2 Å². The molecule has 2 atom stereocenters. The maximum Gasteiger partial charge on any atom is 0.0964 e. The van der Waals surface area contributed by atoms with Crippen LogP contribution in [0.4, 0.5) is 0 Å². The monoisotopic (exact) mass is 292 g/mol. The van der Waals surface area contributed by atoms with Crippen molar-refractivity contribution in [2.24, 2.45) is 11.8 Å². The van der Waals surface area contributed by atoms with Crippen LogP contribution in [-0.4, -0.2) is 33.7 Å². The van der Waals surface area contributed by atoms with Crippen molar-refractivity contribution in [3.63, 3.8) is 0 Å². The Bertz CT molecular complexity index is 433. The van der Waals surface area contributed by atoms with E-state index in [0.29, 0.717) is 12.1 Å². The van der Waals surface area contributed by atoms with E-state index in [1.165, 1.54) is 32.1 Å². The highest BCUT2D eigenvalue weighted by atomic mass is 16.5. The van der Waals surface area contributed by atoms with Crippen molar-refractivity contribution in [2.75, 3.05) is 6.61 Å². The van der Waals surface area contributed by atoms with Gasteiger partial charge in [0.15, 0.2) is 0 Å². The summed E-state index contributed by atoms with van der Waals surface area (Å²) in [7, 11) is 0. The van der Waals surface area contributed by atoms with Crippen LogP contribution in [0.25, 0.3) is 0 Å². The molecular weight excluding hydrogens is 264 g/mol. The molecule has 118 valence electrons. The van der Waals surface area contributed by atoms with Crippen molar-refractivity contribution in [3.05, 3.63) is 11.9 Å². The average molecular weight is 292 g/mol. The van der Waals surface area contributed by atoms with E-state index in [1.54, 1.807) is 0 Å². The van der Waals surface area contributed by atoms with Crippen molar-refractivity contribution >= 4 is 0 Å². The van der Waals surface area contributed by atoms with Gasteiger partial charge in [-0.2, -0.15) is 0 Å². The van der Waals surface area contributed by atoms with Crippen LogP contribution in [0.3, 0.4) is 0 Å². The van der Waals surface area contributed by atoms with E-state index >= 15 is 0 Å². The van der Waals surface area contributed by atoms with E-state index < -0.39 is 0 Å². The van der Waals surface area contributed by atoms with Gasteiger partial charge in [-0.15, -0.1) is 5.10 Å². The third kappa shape index (κ3) is 4.78. The maximum absolute atomic E-state index is 6.04. The molecule has 0 saturated heterocycles. The fourth-order valence-corrected chi connectivity index (χ4v) is 3.39. The number of nitrogens with zero attached hydrogens (tertiary/aromatic N) is 3. The van der Waals surface area contributed by atoms with E-state index in [0.717, 1.165) is 37.2 Å². The second-order valence-electron chi connectivity index (χ2n) is 7.04. The molecule has 5 heteroatoms. The van der Waals surface area contributed by atoms with E-state index in [1.807, 2.05) is 10.9 Å². The predicted molar refractivity (Wildman–Crippen MR) is 81.8 cm³/mol. The Kier molecular flexibility index (Phi) is 4.91. The van der Waals surface area contributed by atoms with Gasteiger partial charge in [0.1, 0.15) is 0 Å². The van der Waals surface area contributed by atoms with Gasteiger partial charge in [0, 0.05) is 18.8 Å². The van der Waals surface area contributed by atoms with Crippen LogP contribution in [-0.2, 0) is 17.8 Å². The summed E-state index contributed by atoms with van der Waals surface area (Å²) in [6.45, 7) is 7.05. The molecule has 3 rings (SSSR count). The summed E-state index contributed by atoms with van der Waals surface area (Å²) in [5.74, 6) is 1.59. The SMILES string of the molecule is CC1CC(C)CC(OCCn2cc(CNC3CC3)nn2)C1. The first-order valence-corrected chi connectivity index (χ1v) is 8.43. The standard InChI is InChI=1S/C16H28N4O/c1-12-7-13(2)9-16(8-12)21-6-5-20-11-15(18-19-20)10-17-14-3-4-14/h11-14,16-17H,3-10H2,1-2H3. The Labute approximate surface area is 127 Å². The minimum Gasteiger partial charge on any atom is -0.376 e. The molecule has 1 heterocycles. The molecule has 0 bridgehead atoms. The second-order valence-corrected chi connectivity index (χ2v) is 7.04. The molecule has 1 N–H and O–H groups in total. The Morgan fingerprint density at radius 3 is 2.71 bits per heavy atom. The van der Waals surface area contributed by atoms with Crippen LogP contribution >= 0.6 is 0 Å². The minimum atomic E-state index is 0.434. The first kappa shape index (κ1) is 15.0. The highest BCUT2D eigenvalue weighted by molar-refractivity contribution is 4.94. The minimum absolute atomic E-state index is 0.434. The summed E-state index contributed by atoms with van der Waals surface area (Å²) >= 11 is 0. The molecule has 2 unspecified atom stereocenters. The Hall–Kier alpha value is -0.940. The molecule has 2 aliphatic rings. The second kappa shape index (κ2) is 6.88. The van der Waals surface area contributed by atoms with Crippen LogP contribution in [0.15, 0.2) is 6.20 Å². The van der Waals surface area contributed by atoms with Gasteiger partial charge in [0.25, 0.3) is 0 Å². The third-order valence-corrected chi connectivity index (χ3v) is 4.54. The van der Waals surface area contributed by atoms with Gasteiger partial charge in [-0.1, -0.05) is 19.1 Å². The Morgan fingerprint density at radius 1 is 1.24 bits per heavy atom. The zero-order valence-corrected chi connectivity index (χ0v) is 13.3. The van der Waals surface area contributed by atoms with Gasteiger partial charge in [-0.25, -0.2) is 4.68 Å². The van der Waals surface area contributed by atoms with Gasteiger partial charge >= 0.3 is 0 Å². The highest BCUT2D eigenvalue weighted by Crippen LogP contribution is 2.30. The number of nitrogens with one attached hydrogen (secondary N) is 1. The molecule has 21 heavy (non-hydrogen) atoms. The lowest BCUT2D eigenvalue weighted by Gasteiger charge is -2.31. The zero-order valence-electron chi connectivity index (χ0n) is 13.3. The largest absolute Gasteiger partial charge is 0.376 e. The number of hydrogen-bond donors (Lipinski definition) is 1. The van der Waals surface area contributed by atoms with Crippen molar-refractivity contribution < 1.29 is 4.74 Å². The summed E-state index contributed by atoms with van der Waals surface area (Å²) in [6, 6.07) is 0.716. The molecule has 2 saturated carbocycles. The van der Waals surface area contributed by atoms with E-state index in [9.17, 15) is 0 Å². The molecule has 5 nitrogen and oxygen atoms in total. The number of rotatable bonds is 7. The third-order valence-electron chi connectivity index (χ3n) is 4.54. The van der Waals surface area contributed by atoms with Gasteiger partial charge in [0.2, 0.25) is 0 Å².